The molecule has 7 nitrogen and oxygen atoms in total. The van der Waals surface area contributed by atoms with Crippen LogP contribution in [0.25, 0.3) is 0 Å². The topological polar surface area (TPSA) is 103 Å². The zero-order valence-corrected chi connectivity index (χ0v) is 13.7. The molecule has 0 aromatic heterocycles. The standard InChI is InChI=1S/C16H23NO6/c1-4-21-14(20)15(2)7-5-10(6-8-15)11-12(18)22-16(3,9-17)23-13(11)19/h9-11,17H,4-8H2,1-3H3/t10-,11?,15+,16?. The fourth-order valence-corrected chi connectivity index (χ4v) is 3.21. The van der Waals surface area contributed by atoms with E-state index >= 15 is 0 Å². The van der Waals surface area contributed by atoms with Crippen LogP contribution in [0.1, 0.15) is 46.5 Å². The van der Waals surface area contributed by atoms with Crippen molar-refractivity contribution in [3.63, 3.8) is 0 Å². The Hall–Kier alpha value is -1.92. The van der Waals surface area contributed by atoms with Crippen molar-refractivity contribution < 1.29 is 28.6 Å². The molecule has 1 heterocycles. The Bertz CT molecular complexity index is 503. The lowest BCUT2D eigenvalue weighted by atomic mass is 9.68. The Morgan fingerprint density at radius 1 is 1.26 bits per heavy atom. The highest BCUT2D eigenvalue weighted by atomic mass is 16.7. The summed E-state index contributed by atoms with van der Waals surface area (Å²) in [5.74, 6) is -4.35. The third-order valence-corrected chi connectivity index (χ3v) is 4.75. The van der Waals surface area contributed by atoms with Gasteiger partial charge in [-0.05, 0) is 45.4 Å². The van der Waals surface area contributed by atoms with Crippen molar-refractivity contribution in [3.05, 3.63) is 0 Å². The van der Waals surface area contributed by atoms with Gasteiger partial charge in [-0.2, -0.15) is 0 Å². The number of hydrogen-bond acceptors (Lipinski definition) is 7. The maximum absolute atomic E-state index is 12.2. The van der Waals surface area contributed by atoms with Crippen molar-refractivity contribution in [1.29, 1.82) is 5.41 Å². The fraction of sp³-hybridized carbons (Fsp3) is 0.750. The van der Waals surface area contributed by atoms with Crippen molar-refractivity contribution in [1.82, 2.24) is 0 Å². The van der Waals surface area contributed by atoms with Gasteiger partial charge in [0.1, 0.15) is 0 Å². The summed E-state index contributed by atoms with van der Waals surface area (Å²) in [5, 5.41) is 7.19. The second kappa shape index (κ2) is 6.29. The van der Waals surface area contributed by atoms with Crippen molar-refractivity contribution in [3.8, 4) is 0 Å². The molecule has 1 saturated carbocycles. The molecule has 0 aromatic rings. The smallest absolute Gasteiger partial charge is 0.324 e. The average molecular weight is 325 g/mol. The van der Waals surface area contributed by atoms with Crippen molar-refractivity contribution >= 4 is 24.1 Å². The monoisotopic (exact) mass is 325 g/mol. The molecule has 128 valence electrons. The summed E-state index contributed by atoms with van der Waals surface area (Å²) in [4.78, 5) is 36.3. The molecule has 0 radical (unpaired) electrons. The summed E-state index contributed by atoms with van der Waals surface area (Å²) in [7, 11) is 0. The van der Waals surface area contributed by atoms with Crippen LogP contribution in [0.2, 0.25) is 0 Å². The van der Waals surface area contributed by atoms with Crippen LogP contribution in [0.15, 0.2) is 0 Å². The number of carbonyl (C=O) groups is 3. The minimum atomic E-state index is -1.61. The van der Waals surface area contributed by atoms with Gasteiger partial charge in [-0.15, -0.1) is 0 Å². The van der Waals surface area contributed by atoms with Crippen LogP contribution in [0.5, 0.6) is 0 Å². The summed E-state index contributed by atoms with van der Waals surface area (Å²) in [6.45, 7) is 5.30. The molecule has 0 atom stereocenters. The molecule has 7 heteroatoms. The number of cyclic esters (lactones) is 2. The number of ether oxygens (including phenoxy) is 3. The van der Waals surface area contributed by atoms with Gasteiger partial charge in [0.25, 0.3) is 5.79 Å². The predicted molar refractivity (Wildman–Crippen MR) is 79.6 cm³/mol. The lowest BCUT2D eigenvalue weighted by molar-refractivity contribution is -0.227. The second-order valence-corrected chi connectivity index (χ2v) is 6.60. The zero-order valence-electron chi connectivity index (χ0n) is 13.7. The quantitative estimate of drug-likeness (QED) is 0.480. The van der Waals surface area contributed by atoms with E-state index in [1.807, 2.05) is 6.92 Å². The molecule has 2 aliphatic rings. The molecule has 1 saturated heterocycles. The van der Waals surface area contributed by atoms with Gasteiger partial charge >= 0.3 is 17.9 Å². The molecule has 23 heavy (non-hydrogen) atoms. The first kappa shape index (κ1) is 17.4. The highest BCUT2D eigenvalue weighted by molar-refractivity contribution is 5.99. The Balaban J connectivity index is 2.03. The van der Waals surface area contributed by atoms with Gasteiger partial charge in [-0.1, -0.05) is 0 Å². The van der Waals surface area contributed by atoms with Crippen LogP contribution >= 0.6 is 0 Å². The van der Waals surface area contributed by atoms with E-state index in [1.54, 1.807) is 6.92 Å². The summed E-state index contributed by atoms with van der Waals surface area (Å²) >= 11 is 0. The molecule has 1 aliphatic heterocycles. The SMILES string of the molecule is CCOC(=O)[C@]1(C)CC[C@H](C2C(=O)OC(C)(C=N)OC2=O)CC1. The van der Waals surface area contributed by atoms with Crippen molar-refractivity contribution in [2.24, 2.45) is 17.3 Å². The third kappa shape index (κ3) is 3.38. The predicted octanol–water partition coefficient (Wildman–Crippen LogP) is 1.83. The maximum Gasteiger partial charge on any atom is 0.324 e. The minimum Gasteiger partial charge on any atom is -0.466 e. The van der Waals surface area contributed by atoms with Crippen LogP contribution in [0.4, 0.5) is 0 Å². The number of esters is 3. The summed E-state index contributed by atoms with van der Waals surface area (Å²) < 4.78 is 15.3. The van der Waals surface area contributed by atoms with Gasteiger partial charge in [0.2, 0.25) is 0 Å². The maximum atomic E-state index is 12.2. The Morgan fingerprint density at radius 3 is 2.22 bits per heavy atom. The van der Waals surface area contributed by atoms with Gasteiger partial charge in [0.05, 0.1) is 18.2 Å². The fourth-order valence-electron chi connectivity index (χ4n) is 3.21. The van der Waals surface area contributed by atoms with E-state index in [2.05, 4.69) is 0 Å². The van der Waals surface area contributed by atoms with Gasteiger partial charge in [-0.25, -0.2) is 0 Å². The molecular formula is C16H23NO6. The minimum absolute atomic E-state index is 0.215. The van der Waals surface area contributed by atoms with E-state index in [0.29, 0.717) is 32.3 Å². The largest absolute Gasteiger partial charge is 0.466 e. The van der Waals surface area contributed by atoms with Crippen LogP contribution in [0.3, 0.4) is 0 Å². The second-order valence-electron chi connectivity index (χ2n) is 6.60. The zero-order chi connectivity index (χ0) is 17.3. The highest BCUT2D eigenvalue weighted by Crippen LogP contribution is 2.43. The first-order valence-electron chi connectivity index (χ1n) is 7.89. The Kier molecular flexibility index (Phi) is 4.77. The number of hydrogen-bond donors (Lipinski definition) is 1. The van der Waals surface area contributed by atoms with Crippen LogP contribution in [-0.2, 0) is 28.6 Å². The molecular weight excluding hydrogens is 302 g/mol. The summed E-state index contributed by atoms with van der Waals surface area (Å²) in [6.07, 6.45) is 2.99. The van der Waals surface area contributed by atoms with Gasteiger partial charge in [0.15, 0.2) is 5.92 Å². The lowest BCUT2D eigenvalue weighted by Gasteiger charge is -2.40. The summed E-state index contributed by atoms with van der Waals surface area (Å²) in [6, 6.07) is 0. The molecule has 0 bridgehead atoms. The van der Waals surface area contributed by atoms with E-state index in [4.69, 9.17) is 19.6 Å². The average Bonchev–Trinajstić information content (AvgIpc) is 2.49. The van der Waals surface area contributed by atoms with Gasteiger partial charge < -0.3 is 19.6 Å². The van der Waals surface area contributed by atoms with Crippen molar-refractivity contribution in [2.45, 2.75) is 52.2 Å². The van der Waals surface area contributed by atoms with E-state index in [1.165, 1.54) is 6.92 Å². The van der Waals surface area contributed by atoms with E-state index in [9.17, 15) is 14.4 Å². The Morgan fingerprint density at radius 2 is 1.78 bits per heavy atom. The number of carbonyl (C=O) groups excluding carboxylic acids is 3. The molecule has 2 fully saturated rings. The first-order valence-corrected chi connectivity index (χ1v) is 7.89. The number of nitrogens with one attached hydrogen (secondary N) is 1. The van der Waals surface area contributed by atoms with E-state index in [-0.39, 0.29) is 11.9 Å². The Labute approximate surface area is 135 Å². The first-order chi connectivity index (χ1) is 10.7. The lowest BCUT2D eigenvalue weighted by Crippen LogP contribution is -2.52. The third-order valence-electron chi connectivity index (χ3n) is 4.75. The summed E-state index contributed by atoms with van der Waals surface area (Å²) in [5.41, 5.74) is -0.571. The molecule has 0 amide bonds. The molecule has 0 spiro atoms. The molecule has 0 aromatic carbocycles. The molecule has 0 unspecified atom stereocenters. The van der Waals surface area contributed by atoms with Crippen LogP contribution in [-0.4, -0.2) is 36.5 Å². The van der Waals surface area contributed by atoms with Gasteiger partial charge in [0, 0.05) is 6.92 Å². The number of rotatable bonds is 4. The molecule has 1 N–H and O–H groups in total. The van der Waals surface area contributed by atoms with Crippen molar-refractivity contribution in [2.75, 3.05) is 6.61 Å². The molecule has 2 rings (SSSR count). The highest BCUT2D eigenvalue weighted by Gasteiger charge is 2.50. The van der Waals surface area contributed by atoms with Gasteiger partial charge in [-0.3, -0.25) is 14.4 Å². The normalized spacial score (nSPS) is 37.5. The van der Waals surface area contributed by atoms with E-state index < -0.39 is 29.1 Å². The van der Waals surface area contributed by atoms with E-state index in [0.717, 1.165) is 6.21 Å². The van der Waals surface area contributed by atoms with Crippen LogP contribution < -0.4 is 0 Å². The molecule has 1 aliphatic carbocycles. The van der Waals surface area contributed by atoms with Crippen LogP contribution in [0, 0.1) is 22.7 Å².